The highest BCUT2D eigenvalue weighted by atomic mass is 19.2. The molecule has 0 spiro atoms. The molecule has 0 saturated heterocycles. The zero-order valence-corrected chi connectivity index (χ0v) is 8.33. The van der Waals surface area contributed by atoms with Gasteiger partial charge in [0.1, 0.15) is 11.2 Å². The number of esters is 1. The van der Waals surface area contributed by atoms with Crippen LogP contribution in [0.15, 0.2) is 24.3 Å². The van der Waals surface area contributed by atoms with Gasteiger partial charge >= 0.3 is 5.97 Å². The van der Waals surface area contributed by atoms with Crippen LogP contribution in [0.1, 0.15) is 10.5 Å². The number of ether oxygens (including phenoxy) is 1. The van der Waals surface area contributed by atoms with E-state index in [-0.39, 0.29) is 11.2 Å². The molecule has 2 rings (SSSR count). The standard InChI is InChI=1S/C11H7F2NO2/c1-16-11(15)8-5-3-6-2-4-7(12)9(13)10(6)14-8/h2-5H,1H3. The van der Waals surface area contributed by atoms with Crippen LogP contribution in [0.25, 0.3) is 10.9 Å². The molecule has 0 radical (unpaired) electrons. The average molecular weight is 223 g/mol. The highest BCUT2D eigenvalue weighted by molar-refractivity contribution is 5.91. The number of hydrogen-bond donors (Lipinski definition) is 0. The fraction of sp³-hybridized carbons (Fsp3) is 0.0909. The molecule has 5 heteroatoms. The lowest BCUT2D eigenvalue weighted by Gasteiger charge is -2.02. The molecule has 0 aliphatic rings. The molecular formula is C11H7F2NO2. The summed E-state index contributed by atoms with van der Waals surface area (Å²) in [4.78, 5) is 14.9. The number of carbonyl (C=O) groups is 1. The maximum atomic E-state index is 13.4. The van der Waals surface area contributed by atoms with Gasteiger partial charge in [0.15, 0.2) is 11.6 Å². The molecule has 1 aromatic carbocycles. The van der Waals surface area contributed by atoms with Gasteiger partial charge in [0.25, 0.3) is 0 Å². The molecule has 0 aliphatic heterocycles. The second-order valence-electron chi connectivity index (χ2n) is 3.12. The molecule has 16 heavy (non-hydrogen) atoms. The second kappa shape index (κ2) is 3.84. The second-order valence-corrected chi connectivity index (χ2v) is 3.12. The van der Waals surface area contributed by atoms with Crippen molar-refractivity contribution in [1.82, 2.24) is 4.98 Å². The molecule has 0 fully saturated rings. The Hall–Kier alpha value is -2.04. The first-order chi connectivity index (χ1) is 7.63. The predicted molar refractivity (Wildman–Crippen MR) is 53.0 cm³/mol. The highest BCUT2D eigenvalue weighted by Gasteiger charge is 2.12. The van der Waals surface area contributed by atoms with E-state index in [2.05, 4.69) is 9.72 Å². The molecule has 1 heterocycles. The van der Waals surface area contributed by atoms with Gasteiger partial charge in [-0.05, 0) is 18.2 Å². The Kier molecular flexibility index (Phi) is 2.52. The van der Waals surface area contributed by atoms with Crippen molar-refractivity contribution in [1.29, 1.82) is 0 Å². The zero-order chi connectivity index (χ0) is 11.7. The summed E-state index contributed by atoms with van der Waals surface area (Å²) in [6.07, 6.45) is 0. The van der Waals surface area contributed by atoms with Crippen LogP contribution < -0.4 is 0 Å². The third-order valence-corrected chi connectivity index (χ3v) is 2.15. The average Bonchev–Trinajstić information content (AvgIpc) is 2.32. The van der Waals surface area contributed by atoms with Crippen molar-refractivity contribution >= 4 is 16.9 Å². The van der Waals surface area contributed by atoms with Crippen molar-refractivity contribution in [3.8, 4) is 0 Å². The number of fused-ring (bicyclic) bond motifs is 1. The van der Waals surface area contributed by atoms with E-state index in [9.17, 15) is 13.6 Å². The molecule has 1 aromatic heterocycles. The van der Waals surface area contributed by atoms with Gasteiger partial charge in [-0.25, -0.2) is 18.6 Å². The number of methoxy groups -OCH3 is 1. The summed E-state index contributed by atoms with van der Waals surface area (Å²) in [5, 5.41) is 0.423. The minimum Gasteiger partial charge on any atom is -0.464 e. The molecular weight excluding hydrogens is 216 g/mol. The van der Waals surface area contributed by atoms with Crippen LogP contribution in [0.5, 0.6) is 0 Å². The Bertz CT molecular complexity index is 569. The maximum Gasteiger partial charge on any atom is 0.356 e. The highest BCUT2D eigenvalue weighted by Crippen LogP contribution is 2.18. The van der Waals surface area contributed by atoms with Crippen molar-refractivity contribution < 1.29 is 18.3 Å². The van der Waals surface area contributed by atoms with Gasteiger partial charge < -0.3 is 4.74 Å². The SMILES string of the molecule is COC(=O)c1ccc2ccc(F)c(F)c2n1. The van der Waals surface area contributed by atoms with E-state index in [4.69, 9.17) is 0 Å². The number of pyridine rings is 1. The van der Waals surface area contributed by atoms with Crippen LogP contribution in [0.2, 0.25) is 0 Å². The number of benzene rings is 1. The van der Waals surface area contributed by atoms with Gasteiger partial charge in [0.05, 0.1) is 7.11 Å². The number of aromatic nitrogens is 1. The number of halogens is 2. The van der Waals surface area contributed by atoms with Crippen LogP contribution in [0.4, 0.5) is 8.78 Å². The summed E-state index contributed by atoms with van der Waals surface area (Å²) in [6.45, 7) is 0. The molecule has 3 nitrogen and oxygen atoms in total. The molecule has 0 saturated carbocycles. The summed E-state index contributed by atoms with van der Waals surface area (Å²) < 4.78 is 30.7. The zero-order valence-electron chi connectivity index (χ0n) is 8.33. The number of rotatable bonds is 1. The van der Waals surface area contributed by atoms with E-state index < -0.39 is 17.6 Å². The van der Waals surface area contributed by atoms with Crippen molar-refractivity contribution in [2.75, 3.05) is 7.11 Å². The van der Waals surface area contributed by atoms with Crippen LogP contribution in [-0.4, -0.2) is 18.1 Å². The lowest BCUT2D eigenvalue weighted by atomic mass is 10.2. The maximum absolute atomic E-state index is 13.4. The minimum absolute atomic E-state index is 0.0560. The van der Waals surface area contributed by atoms with Crippen molar-refractivity contribution in [3.63, 3.8) is 0 Å². The first-order valence-corrected chi connectivity index (χ1v) is 4.46. The summed E-state index contributed by atoms with van der Waals surface area (Å²) in [5.74, 6) is -2.75. The molecule has 0 atom stereocenters. The lowest BCUT2D eigenvalue weighted by molar-refractivity contribution is 0.0594. The Morgan fingerprint density at radius 3 is 2.62 bits per heavy atom. The topological polar surface area (TPSA) is 39.2 Å². The van der Waals surface area contributed by atoms with E-state index >= 15 is 0 Å². The molecule has 82 valence electrons. The third kappa shape index (κ3) is 1.60. The summed E-state index contributed by atoms with van der Waals surface area (Å²) in [7, 11) is 1.19. The summed E-state index contributed by atoms with van der Waals surface area (Å²) in [6, 6.07) is 5.28. The van der Waals surface area contributed by atoms with Crippen molar-refractivity contribution in [3.05, 3.63) is 41.6 Å². The molecule has 0 aliphatic carbocycles. The van der Waals surface area contributed by atoms with Crippen LogP contribution in [0.3, 0.4) is 0 Å². The predicted octanol–water partition coefficient (Wildman–Crippen LogP) is 2.30. The quantitative estimate of drug-likeness (QED) is 0.696. The Morgan fingerprint density at radius 2 is 1.94 bits per heavy atom. The molecule has 0 N–H and O–H groups in total. The normalized spacial score (nSPS) is 10.4. The summed E-state index contributed by atoms with van der Waals surface area (Å²) >= 11 is 0. The number of hydrogen-bond acceptors (Lipinski definition) is 3. The van der Waals surface area contributed by atoms with E-state index in [0.29, 0.717) is 5.39 Å². The fourth-order valence-electron chi connectivity index (χ4n) is 1.35. The Balaban J connectivity index is 2.69. The molecule has 0 amide bonds. The molecule has 0 unspecified atom stereocenters. The first kappa shape index (κ1) is 10.5. The molecule has 0 bridgehead atoms. The lowest BCUT2D eigenvalue weighted by Crippen LogP contribution is -2.04. The van der Waals surface area contributed by atoms with E-state index in [1.165, 1.54) is 25.3 Å². The van der Waals surface area contributed by atoms with E-state index in [0.717, 1.165) is 6.07 Å². The van der Waals surface area contributed by atoms with Gasteiger partial charge in [-0.2, -0.15) is 0 Å². The summed E-state index contributed by atoms with van der Waals surface area (Å²) in [5.41, 5.74) is -0.234. The third-order valence-electron chi connectivity index (χ3n) is 2.15. The number of nitrogens with zero attached hydrogens (tertiary/aromatic N) is 1. The Morgan fingerprint density at radius 1 is 1.25 bits per heavy atom. The van der Waals surface area contributed by atoms with Gasteiger partial charge in [0, 0.05) is 5.39 Å². The monoisotopic (exact) mass is 223 g/mol. The van der Waals surface area contributed by atoms with E-state index in [1.807, 2.05) is 0 Å². The largest absolute Gasteiger partial charge is 0.464 e. The van der Waals surface area contributed by atoms with Gasteiger partial charge in [0.2, 0.25) is 0 Å². The van der Waals surface area contributed by atoms with Crippen LogP contribution in [0, 0.1) is 11.6 Å². The number of carbonyl (C=O) groups excluding carboxylic acids is 1. The minimum atomic E-state index is -1.07. The smallest absolute Gasteiger partial charge is 0.356 e. The first-order valence-electron chi connectivity index (χ1n) is 4.46. The van der Waals surface area contributed by atoms with Crippen molar-refractivity contribution in [2.24, 2.45) is 0 Å². The Labute approximate surface area is 89.7 Å². The van der Waals surface area contributed by atoms with Gasteiger partial charge in [-0.3, -0.25) is 0 Å². The van der Waals surface area contributed by atoms with Crippen LogP contribution in [-0.2, 0) is 4.74 Å². The van der Waals surface area contributed by atoms with Gasteiger partial charge in [-0.1, -0.05) is 6.07 Å². The van der Waals surface area contributed by atoms with Crippen molar-refractivity contribution in [2.45, 2.75) is 0 Å². The van der Waals surface area contributed by atoms with Crippen LogP contribution >= 0.6 is 0 Å². The fourth-order valence-corrected chi connectivity index (χ4v) is 1.35. The van der Waals surface area contributed by atoms with E-state index in [1.54, 1.807) is 0 Å². The van der Waals surface area contributed by atoms with Gasteiger partial charge in [-0.15, -0.1) is 0 Å². The molecule has 2 aromatic rings.